The molecule has 0 aliphatic rings. The summed E-state index contributed by atoms with van der Waals surface area (Å²) in [5, 5.41) is 0. The summed E-state index contributed by atoms with van der Waals surface area (Å²) >= 11 is 3.16. The first-order chi connectivity index (χ1) is 7.79. The molecule has 0 radical (unpaired) electrons. The highest BCUT2D eigenvalue weighted by atomic mass is 79.9. The van der Waals surface area contributed by atoms with Crippen LogP contribution in [-0.2, 0) is 15.5 Å². The summed E-state index contributed by atoms with van der Waals surface area (Å²) in [6.45, 7) is -0.665. The molecule has 1 aromatic rings. The summed E-state index contributed by atoms with van der Waals surface area (Å²) in [7, 11) is -1.62. The van der Waals surface area contributed by atoms with Crippen LogP contribution in [0.25, 0.3) is 0 Å². The molecule has 0 aliphatic carbocycles. The number of nitrogens with two attached hydrogens (primary N) is 1. The van der Waals surface area contributed by atoms with Crippen LogP contribution in [0.15, 0.2) is 27.6 Å². The van der Waals surface area contributed by atoms with Crippen LogP contribution < -0.4 is 5.73 Å². The number of ether oxygens (including phenoxy) is 1. The fourth-order valence-electron chi connectivity index (χ4n) is 1.05. The molecule has 8 heteroatoms. The van der Waals surface area contributed by atoms with Gasteiger partial charge in [0.1, 0.15) is 0 Å². The first kappa shape index (κ1) is 14.5. The summed E-state index contributed by atoms with van der Waals surface area (Å²) in [5.74, 6) is -0.264. The fourth-order valence-corrected chi connectivity index (χ4v) is 2.60. The van der Waals surface area contributed by atoms with Crippen molar-refractivity contribution in [2.75, 3.05) is 18.1 Å². The summed E-state index contributed by atoms with van der Waals surface area (Å²) in [6, 6.07) is 4.70. The van der Waals surface area contributed by atoms with E-state index < -0.39 is 23.8 Å². The van der Waals surface area contributed by atoms with Gasteiger partial charge in [0.05, 0.1) is 28.1 Å². The van der Waals surface area contributed by atoms with E-state index in [1.165, 1.54) is 12.1 Å². The van der Waals surface area contributed by atoms with Gasteiger partial charge in [0, 0.05) is 10.2 Å². The Morgan fingerprint density at radius 2 is 2.06 bits per heavy atom. The SMILES string of the molecule is Nc1ccc(Br)cc1S(=O)CCOC(F)(F)F. The smallest absolute Gasteiger partial charge is 0.398 e. The van der Waals surface area contributed by atoms with Gasteiger partial charge in [0.2, 0.25) is 0 Å². The van der Waals surface area contributed by atoms with Crippen LogP contribution in [0.1, 0.15) is 0 Å². The molecule has 0 saturated heterocycles. The third-order valence-corrected chi connectivity index (χ3v) is 3.63. The number of alkyl halides is 3. The normalized spacial score (nSPS) is 13.6. The molecule has 0 aliphatic heterocycles. The van der Waals surface area contributed by atoms with Crippen LogP contribution in [0, 0.1) is 0 Å². The lowest BCUT2D eigenvalue weighted by atomic mass is 10.3. The average Bonchev–Trinajstić information content (AvgIpc) is 2.19. The second-order valence-electron chi connectivity index (χ2n) is 3.03. The highest BCUT2D eigenvalue weighted by molar-refractivity contribution is 9.10. The Kier molecular flexibility index (Phi) is 4.96. The Hall–Kier alpha value is -0.600. The van der Waals surface area contributed by atoms with Crippen molar-refractivity contribution in [2.45, 2.75) is 11.3 Å². The molecule has 0 heterocycles. The van der Waals surface area contributed by atoms with Gasteiger partial charge in [-0.2, -0.15) is 0 Å². The molecule has 0 aromatic heterocycles. The second kappa shape index (κ2) is 5.83. The van der Waals surface area contributed by atoms with E-state index in [1.807, 2.05) is 0 Å². The van der Waals surface area contributed by atoms with Gasteiger partial charge in [-0.3, -0.25) is 8.95 Å². The van der Waals surface area contributed by atoms with E-state index in [-0.39, 0.29) is 11.4 Å². The van der Waals surface area contributed by atoms with Gasteiger partial charge in [0.15, 0.2) is 0 Å². The van der Waals surface area contributed by atoms with Crippen molar-refractivity contribution < 1.29 is 22.1 Å². The van der Waals surface area contributed by atoms with Crippen LogP contribution in [0.2, 0.25) is 0 Å². The molecule has 3 nitrogen and oxygen atoms in total. The van der Waals surface area contributed by atoms with Crippen LogP contribution in [-0.4, -0.2) is 22.9 Å². The summed E-state index contributed by atoms with van der Waals surface area (Å²) in [4.78, 5) is 0.296. The molecule has 0 bridgehead atoms. The minimum absolute atomic E-state index is 0.264. The molecule has 0 saturated carbocycles. The monoisotopic (exact) mass is 331 g/mol. The summed E-state index contributed by atoms with van der Waals surface area (Å²) < 4.78 is 51.0. The third-order valence-electron chi connectivity index (χ3n) is 1.76. The Morgan fingerprint density at radius 1 is 1.41 bits per heavy atom. The Bertz CT molecular complexity index is 425. The van der Waals surface area contributed by atoms with E-state index in [0.717, 1.165) is 0 Å². The Labute approximate surface area is 107 Å². The Balaban J connectivity index is 2.61. The van der Waals surface area contributed by atoms with Crippen molar-refractivity contribution >= 4 is 32.4 Å². The summed E-state index contributed by atoms with van der Waals surface area (Å²) in [6.07, 6.45) is -4.70. The van der Waals surface area contributed by atoms with Gasteiger partial charge in [-0.05, 0) is 18.2 Å². The van der Waals surface area contributed by atoms with Gasteiger partial charge < -0.3 is 5.73 Å². The molecular formula is C9H9BrF3NO2S. The zero-order valence-corrected chi connectivity index (χ0v) is 10.9. The minimum Gasteiger partial charge on any atom is -0.398 e. The minimum atomic E-state index is -4.70. The van der Waals surface area contributed by atoms with Crippen molar-refractivity contribution in [3.8, 4) is 0 Å². The van der Waals surface area contributed by atoms with E-state index in [0.29, 0.717) is 9.37 Å². The van der Waals surface area contributed by atoms with Gasteiger partial charge in [0.25, 0.3) is 0 Å². The molecule has 1 atom stereocenters. The van der Waals surface area contributed by atoms with Crippen LogP contribution in [0.5, 0.6) is 0 Å². The number of hydrogen-bond acceptors (Lipinski definition) is 3. The maximum atomic E-state index is 11.7. The molecule has 17 heavy (non-hydrogen) atoms. The van der Waals surface area contributed by atoms with Crippen molar-refractivity contribution in [1.29, 1.82) is 0 Å². The number of rotatable bonds is 4. The zero-order chi connectivity index (χ0) is 13.1. The second-order valence-corrected chi connectivity index (χ2v) is 5.48. The first-order valence-electron chi connectivity index (χ1n) is 4.43. The highest BCUT2D eigenvalue weighted by Gasteiger charge is 2.29. The van der Waals surface area contributed by atoms with Crippen molar-refractivity contribution in [1.82, 2.24) is 0 Å². The van der Waals surface area contributed by atoms with E-state index in [2.05, 4.69) is 20.7 Å². The molecule has 0 fully saturated rings. The van der Waals surface area contributed by atoms with E-state index in [9.17, 15) is 17.4 Å². The van der Waals surface area contributed by atoms with Crippen molar-refractivity contribution in [2.24, 2.45) is 0 Å². The van der Waals surface area contributed by atoms with Crippen LogP contribution in [0.4, 0.5) is 18.9 Å². The predicted octanol–water partition coefficient (Wildman–Crippen LogP) is 2.68. The standard InChI is InChI=1S/C9H9BrF3NO2S/c10-6-1-2-7(14)8(5-6)17(15)4-3-16-9(11,12)13/h1-2,5H,3-4,14H2. The maximum absolute atomic E-state index is 11.7. The van der Waals surface area contributed by atoms with Crippen molar-refractivity contribution in [3.05, 3.63) is 22.7 Å². The van der Waals surface area contributed by atoms with Gasteiger partial charge >= 0.3 is 6.36 Å². The van der Waals surface area contributed by atoms with Crippen LogP contribution >= 0.6 is 15.9 Å². The molecule has 96 valence electrons. The maximum Gasteiger partial charge on any atom is 0.522 e. The first-order valence-corrected chi connectivity index (χ1v) is 6.55. The lowest BCUT2D eigenvalue weighted by Gasteiger charge is -2.08. The van der Waals surface area contributed by atoms with Gasteiger partial charge in [-0.25, -0.2) is 0 Å². The number of anilines is 1. The number of hydrogen-bond donors (Lipinski definition) is 1. The third kappa shape index (κ3) is 5.05. The molecule has 0 spiro atoms. The molecule has 1 rings (SSSR count). The number of benzene rings is 1. The van der Waals surface area contributed by atoms with E-state index >= 15 is 0 Å². The lowest BCUT2D eigenvalue weighted by molar-refractivity contribution is -0.322. The number of halogens is 4. The quantitative estimate of drug-likeness (QED) is 0.863. The van der Waals surface area contributed by atoms with E-state index in [1.54, 1.807) is 6.07 Å². The molecule has 2 N–H and O–H groups in total. The van der Waals surface area contributed by atoms with Gasteiger partial charge in [-0.15, -0.1) is 13.2 Å². The topological polar surface area (TPSA) is 52.3 Å². The zero-order valence-electron chi connectivity index (χ0n) is 8.46. The molecule has 1 unspecified atom stereocenters. The molecule has 1 aromatic carbocycles. The summed E-state index contributed by atoms with van der Waals surface area (Å²) in [5.41, 5.74) is 5.85. The molecular weight excluding hydrogens is 323 g/mol. The number of nitrogen functional groups attached to an aromatic ring is 1. The van der Waals surface area contributed by atoms with Gasteiger partial charge in [-0.1, -0.05) is 15.9 Å². The largest absolute Gasteiger partial charge is 0.522 e. The fraction of sp³-hybridized carbons (Fsp3) is 0.333. The van der Waals surface area contributed by atoms with E-state index in [4.69, 9.17) is 5.73 Å². The predicted molar refractivity (Wildman–Crippen MR) is 61.8 cm³/mol. The Morgan fingerprint density at radius 3 is 2.65 bits per heavy atom. The lowest BCUT2D eigenvalue weighted by Crippen LogP contribution is -2.18. The van der Waals surface area contributed by atoms with Crippen molar-refractivity contribution in [3.63, 3.8) is 0 Å². The molecule has 0 amide bonds. The average molecular weight is 332 g/mol. The highest BCUT2D eigenvalue weighted by Crippen LogP contribution is 2.22. The van der Waals surface area contributed by atoms with Crippen LogP contribution in [0.3, 0.4) is 0 Å².